The lowest BCUT2D eigenvalue weighted by atomic mass is 9.99. The number of aromatic nitrogens is 1. The highest BCUT2D eigenvalue weighted by Gasteiger charge is 2.27. The minimum absolute atomic E-state index is 0.227. The summed E-state index contributed by atoms with van der Waals surface area (Å²) in [6.07, 6.45) is 2.10. The standard InChI is InChI=1S/C16H21ClN2O2S/c1-3-16(2,15-18-8-9-22-15)19-10-13(20)11-21-14-6-4-12(17)5-7-14/h4-9,13,19-20H,3,10-11H2,1-2H3. The highest BCUT2D eigenvalue weighted by molar-refractivity contribution is 7.09. The van der Waals surface area contributed by atoms with Crippen LogP contribution in [0.5, 0.6) is 5.75 Å². The SMILES string of the molecule is CCC(C)(NCC(O)COc1ccc(Cl)cc1)c1nccs1. The predicted molar refractivity (Wildman–Crippen MR) is 90.7 cm³/mol. The molecule has 0 saturated carbocycles. The second-order valence-corrected chi connectivity index (χ2v) is 6.65. The van der Waals surface area contributed by atoms with Gasteiger partial charge in [-0.3, -0.25) is 0 Å². The third-order valence-electron chi connectivity index (χ3n) is 3.60. The molecule has 2 aromatic rings. The van der Waals surface area contributed by atoms with Gasteiger partial charge in [-0.1, -0.05) is 18.5 Å². The van der Waals surface area contributed by atoms with Crippen molar-refractivity contribution in [1.29, 1.82) is 0 Å². The molecule has 0 aliphatic heterocycles. The van der Waals surface area contributed by atoms with Gasteiger partial charge in [0.25, 0.3) is 0 Å². The fraction of sp³-hybridized carbons (Fsp3) is 0.438. The van der Waals surface area contributed by atoms with Crippen LogP contribution in [-0.2, 0) is 5.54 Å². The molecule has 4 nitrogen and oxygen atoms in total. The Morgan fingerprint density at radius 1 is 1.41 bits per heavy atom. The van der Waals surface area contributed by atoms with Gasteiger partial charge >= 0.3 is 0 Å². The number of hydrogen-bond acceptors (Lipinski definition) is 5. The van der Waals surface area contributed by atoms with Crippen molar-refractivity contribution in [1.82, 2.24) is 10.3 Å². The average molecular weight is 341 g/mol. The first-order valence-corrected chi connectivity index (χ1v) is 8.50. The number of benzene rings is 1. The number of nitrogens with one attached hydrogen (secondary N) is 1. The van der Waals surface area contributed by atoms with Crippen LogP contribution in [0.2, 0.25) is 5.02 Å². The summed E-state index contributed by atoms with van der Waals surface area (Å²) in [6, 6.07) is 7.10. The topological polar surface area (TPSA) is 54.4 Å². The van der Waals surface area contributed by atoms with Crippen LogP contribution in [0.3, 0.4) is 0 Å². The molecule has 2 rings (SSSR count). The van der Waals surface area contributed by atoms with Gasteiger partial charge in [-0.15, -0.1) is 11.3 Å². The van der Waals surface area contributed by atoms with Crippen LogP contribution in [0.1, 0.15) is 25.3 Å². The van der Waals surface area contributed by atoms with E-state index in [1.165, 1.54) is 0 Å². The Labute approximate surface area is 140 Å². The number of aliphatic hydroxyl groups excluding tert-OH is 1. The van der Waals surface area contributed by atoms with Crippen molar-refractivity contribution in [2.24, 2.45) is 0 Å². The van der Waals surface area contributed by atoms with Crippen LogP contribution >= 0.6 is 22.9 Å². The number of rotatable bonds is 8. The monoisotopic (exact) mass is 340 g/mol. The van der Waals surface area contributed by atoms with Gasteiger partial charge in [-0.05, 0) is 37.6 Å². The molecule has 0 fully saturated rings. The Kier molecular flexibility index (Phi) is 6.20. The third kappa shape index (κ3) is 4.68. The molecule has 22 heavy (non-hydrogen) atoms. The fourth-order valence-corrected chi connectivity index (χ4v) is 2.95. The van der Waals surface area contributed by atoms with Crippen LogP contribution in [0.25, 0.3) is 0 Å². The minimum atomic E-state index is -0.596. The molecule has 2 unspecified atom stereocenters. The number of halogens is 1. The van der Waals surface area contributed by atoms with Crippen molar-refractivity contribution in [2.45, 2.75) is 31.9 Å². The highest BCUT2D eigenvalue weighted by atomic mass is 35.5. The summed E-state index contributed by atoms with van der Waals surface area (Å²) in [5.74, 6) is 0.696. The fourth-order valence-electron chi connectivity index (χ4n) is 1.97. The summed E-state index contributed by atoms with van der Waals surface area (Å²) in [7, 11) is 0. The predicted octanol–water partition coefficient (Wildman–Crippen LogP) is 3.45. The number of hydrogen-bond donors (Lipinski definition) is 2. The molecule has 6 heteroatoms. The maximum atomic E-state index is 10.1. The Morgan fingerprint density at radius 2 is 2.14 bits per heavy atom. The van der Waals surface area contributed by atoms with Gasteiger partial charge < -0.3 is 15.2 Å². The second-order valence-electron chi connectivity index (χ2n) is 5.32. The van der Waals surface area contributed by atoms with Crippen molar-refractivity contribution in [3.05, 3.63) is 45.9 Å². The molecule has 0 spiro atoms. The van der Waals surface area contributed by atoms with Crippen LogP contribution in [0.4, 0.5) is 0 Å². The quantitative estimate of drug-likeness (QED) is 0.772. The van der Waals surface area contributed by atoms with E-state index in [9.17, 15) is 5.11 Å². The van der Waals surface area contributed by atoms with E-state index in [2.05, 4.69) is 24.1 Å². The largest absolute Gasteiger partial charge is 0.491 e. The van der Waals surface area contributed by atoms with Crippen LogP contribution < -0.4 is 10.1 Å². The summed E-state index contributed by atoms with van der Waals surface area (Å²) in [6.45, 7) is 4.87. The molecule has 2 N–H and O–H groups in total. The average Bonchev–Trinajstić information content (AvgIpc) is 3.07. The first-order valence-electron chi connectivity index (χ1n) is 7.25. The molecule has 1 aromatic carbocycles. The Bertz CT molecular complexity index is 562. The van der Waals surface area contributed by atoms with Gasteiger partial charge in [0.05, 0.1) is 5.54 Å². The lowest BCUT2D eigenvalue weighted by molar-refractivity contribution is 0.0969. The normalized spacial score (nSPS) is 15.3. The van der Waals surface area contributed by atoms with Crippen molar-refractivity contribution in [2.75, 3.05) is 13.2 Å². The Morgan fingerprint density at radius 3 is 2.73 bits per heavy atom. The molecule has 0 aliphatic carbocycles. The van der Waals surface area contributed by atoms with Gasteiger partial charge in [0.15, 0.2) is 0 Å². The van der Waals surface area contributed by atoms with Crippen molar-refractivity contribution in [3.8, 4) is 5.75 Å². The zero-order chi connectivity index (χ0) is 16.0. The van der Waals surface area contributed by atoms with E-state index in [4.69, 9.17) is 16.3 Å². The van der Waals surface area contributed by atoms with E-state index >= 15 is 0 Å². The van der Waals surface area contributed by atoms with Gasteiger partial charge in [-0.25, -0.2) is 4.98 Å². The van der Waals surface area contributed by atoms with Gasteiger partial charge in [0.1, 0.15) is 23.5 Å². The Balaban J connectivity index is 1.81. The third-order valence-corrected chi connectivity index (χ3v) is 4.88. The summed E-state index contributed by atoms with van der Waals surface area (Å²) in [4.78, 5) is 4.37. The molecule has 0 amide bonds. The number of nitrogens with zero attached hydrogens (tertiary/aromatic N) is 1. The van der Waals surface area contributed by atoms with Crippen molar-refractivity contribution in [3.63, 3.8) is 0 Å². The zero-order valence-electron chi connectivity index (χ0n) is 12.8. The number of ether oxygens (including phenoxy) is 1. The second kappa shape index (κ2) is 7.92. The maximum Gasteiger partial charge on any atom is 0.119 e. The Hall–Kier alpha value is -1.14. The lowest BCUT2D eigenvalue weighted by Crippen LogP contribution is -2.44. The van der Waals surface area contributed by atoms with Crippen LogP contribution in [0, 0.1) is 0 Å². The maximum absolute atomic E-state index is 10.1. The lowest BCUT2D eigenvalue weighted by Gasteiger charge is -2.28. The van der Waals surface area contributed by atoms with E-state index in [1.54, 1.807) is 41.8 Å². The molecule has 120 valence electrons. The minimum Gasteiger partial charge on any atom is -0.491 e. The molecule has 0 aliphatic rings. The van der Waals surface area contributed by atoms with E-state index in [1.807, 2.05) is 5.38 Å². The molecule has 0 radical (unpaired) electrons. The van der Waals surface area contributed by atoms with E-state index in [0.29, 0.717) is 17.3 Å². The smallest absolute Gasteiger partial charge is 0.119 e. The summed E-state index contributed by atoms with van der Waals surface area (Å²) in [5.41, 5.74) is -0.227. The van der Waals surface area contributed by atoms with Gasteiger partial charge in [0, 0.05) is 23.1 Å². The summed E-state index contributed by atoms with van der Waals surface area (Å²) < 4.78 is 5.55. The highest BCUT2D eigenvalue weighted by Crippen LogP contribution is 2.26. The molecule has 1 aromatic heterocycles. The molecule has 2 atom stereocenters. The first kappa shape index (κ1) is 17.2. The van der Waals surface area contributed by atoms with E-state index < -0.39 is 6.10 Å². The summed E-state index contributed by atoms with van der Waals surface area (Å²) in [5, 5.41) is 17.1. The number of thiazole rings is 1. The van der Waals surface area contributed by atoms with Crippen molar-refractivity contribution < 1.29 is 9.84 Å². The van der Waals surface area contributed by atoms with Gasteiger partial charge in [-0.2, -0.15) is 0 Å². The molecule has 0 saturated heterocycles. The van der Waals surface area contributed by atoms with Crippen LogP contribution in [0.15, 0.2) is 35.8 Å². The zero-order valence-corrected chi connectivity index (χ0v) is 14.3. The first-order chi connectivity index (χ1) is 10.5. The summed E-state index contributed by atoms with van der Waals surface area (Å²) >= 11 is 7.44. The molecule has 1 heterocycles. The van der Waals surface area contributed by atoms with E-state index in [0.717, 1.165) is 11.4 Å². The molecular formula is C16H21ClN2O2S. The molecular weight excluding hydrogens is 320 g/mol. The van der Waals surface area contributed by atoms with E-state index in [-0.39, 0.29) is 12.1 Å². The number of aliphatic hydroxyl groups is 1. The van der Waals surface area contributed by atoms with Crippen LogP contribution in [-0.4, -0.2) is 29.3 Å². The van der Waals surface area contributed by atoms with Crippen molar-refractivity contribution >= 4 is 22.9 Å². The van der Waals surface area contributed by atoms with Gasteiger partial charge in [0.2, 0.25) is 0 Å². The molecule has 0 bridgehead atoms.